The minimum absolute atomic E-state index is 0.305. The van der Waals surface area contributed by atoms with E-state index in [0.717, 1.165) is 12.1 Å². The molecule has 0 aliphatic carbocycles. The average molecular weight is 361 g/mol. The van der Waals surface area contributed by atoms with Gasteiger partial charge in [0.2, 0.25) is 0 Å². The molecule has 0 atom stereocenters. The van der Waals surface area contributed by atoms with Gasteiger partial charge in [0.15, 0.2) is 0 Å². The fourth-order valence-corrected chi connectivity index (χ4v) is 3.11. The molecule has 2 rings (SSSR count). The number of para-hydroxylation sites is 4. The van der Waals surface area contributed by atoms with Crippen LogP contribution in [0.4, 0.5) is 11.4 Å². The molecule has 2 aromatic rings. The van der Waals surface area contributed by atoms with E-state index in [1.807, 2.05) is 0 Å². The summed E-state index contributed by atoms with van der Waals surface area (Å²) in [5.41, 5.74) is -0.851. The maximum absolute atomic E-state index is 10.9. The first kappa shape index (κ1) is 16.9. The summed E-state index contributed by atoms with van der Waals surface area (Å²) in [6.45, 7) is 0. The molecule has 122 valence electrons. The molecular weight excluding hydrogens is 351 g/mol. The average Bonchev–Trinajstić information content (AvgIpc) is 2.47. The van der Waals surface area contributed by atoms with Crippen molar-refractivity contribution in [3.8, 4) is 11.5 Å². The number of nitro groups is 2. The van der Waals surface area contributed by atoms with E-state index in [1.54, 1.807) is 0 Å². The van der Waals surface area contributed by atoms with Gasteiger partial charge in [-0.15, -0.1) is 0 Å². The first-order valence-corrected chi connectivity index (χ1v) is 8.84. The Morgan fingerprint density at radius 3 is 1.57 bits per heavy atom. The Hall–Kier alpha value is -2.48. The number of hydrogen-bond acceptors (Lipinski definition) is 7. The van der Waals surface area contributed by atoms with E-state index in [4.69, 9.17) is 20.3 Å². The molecule has 0 fully saturated rings. The van der Waals surface area contributed by atoms with E-state index in [0.29, 0.717) is 0 Å². The van der Waals surface area contributed by atoms with Crippen LogP contribution in [0.1, 0.15) is 0 Å². The molecule has 2 aromatic carbocycles. The van der Waals surface area contributed by atoms with Gasteiger partial charge in [-0.05, 0) is 0 Å². The Morgan fingerprint density at radius 1 is 0.870 bits per heavy atom. The SMILES string of the molecule is O=[N+]([O-])c1ccccc1O[PH](O)(Cl)Oc1ccccc1[N+](=O)[O-]. The zero-order valence-corrected chi connectivity index (χ0v) is 13.0. The number of hydrogen-bond donors (Lipinski definition) is 1. The summed E-state index contributed by atoms with van der Waals surface area (Å²) in [7, 11) is -4.48. The molecule has 23 heavy (non-hydrogen) atoms. The monoisotopic (exact) mass is 360 g/mol. The van der Waals surface area contributed by atoms with E-state index in [9.17, 15) is 25.1 Å². The van der Waals surface area contributed by atoms with Crippen LogP contribution in [0.2, 0.25) is 0 Å². The second kappa shape index (κ2) is 6.74. The summed E-state index contributed by atoms with van der Waals surface area (Å²) in [5.74, 6) is -0.611. The van der Waals surface area contributed by atoms with Crippen molar-refractivity contribution in [3.63, 3.8) is 0 Å². The Balaban J connectivity index is 2.27. The van der Waals surface area contributed by atoms with Crippen LogP contribution < -0.4 is 9.05 Å². The molecule has 0 unspecified atom stereocenters. The molecule has 11 heteroatoms. The Kier molecular flexibility index (Phi) is 4.95. The zero-order valence-electron chi connectivity index (χ0n) is 11.3. The predicted molar refractivity (Wildman–Crippen MR) is 83.8 cm³/mol. The zero-order chi connectivity index (χ0) is 17.0. The summed E-state index contributed by atoms with van der Waals surface area (Å²) in [6.07, 6.45) is 0. The van der Waals surface area contributed by atoms with E-state index in [-0.39, 0.29) is 11.5 Å². The van der Waals surface area contributed by atoms with Crippen molar-refractivity contribution in [1.82, 2.24) is 0 Å². The summed E-state index contributed by atoms with van der Waals surface area (Å²) >= 11 is 5.76. The number of benzene rings is 2. The van der Waals surface area contributed by atoms with E-state index < -0.39 is 28.5 Å². The molecule has 1 N–H and O–H groups in total. The molecule has 0 aliphatic heterocycles. The number of halogens is 1. The topological polar surface area (TPSA) is 125 Å². The molecule has 0 heterocycles. The van der Waals surface area contributed by atoms with Crippen molar-refractivity contribution in [3.05, 3.63) is 68.8 Å². The molecule has 0 bridgehead atoms. The molecule has 0 saturated heterocycles. The van der Waals surface area contributed by atoms with Crippen LogP contribution in [0.5, 0.6) is 11.5 Å². The Morgan fingerprint density at radius 2 is 1.22 bits per heavy atom. The third-order valence-electron chi connectivity index (χ3n) is 2.60. The number of nitro benzene ring substituents is 2. The van der Waals surface area contributed by atoms with E-state index in [2.05, 4.69) is 0 Å². The molecule has 0 aromatic heterocycles. The molecule has 9 nitrogen and oxygen atoms in total. The van der Waals surface area contributed by atoms with Gasteiger partial charge in [0.1, 0.15) is 0 Å². The third kappa shape index (κ3) is 4.26. The maximum atomic E-state index is 10.9. The van der Waals surface area contributed by atoms with Crippen molar-refractivity contribution < 1.29 is 23.8 Å². The van der Waals surface area contributed by atoms with Gasteiger partial charge in [-0.3, -0.25) is 0 Å². The van der Waals surface area contributed by atoms with Gasteiger partial charge >= 0.3 is 134 Å². The quantitative estimate of drug-likeness (QED) is 0.474. The second-order valence-electron chi connectivity index (χ2n) is 4.16. The Labute approximate surface area is 134 Å². The van der Waals surface area contributed by atoms with Gasteiger partial charge in [0.25, 0.3) is 0 Å². The number of rotatable bonds is 6. The van der Waals surface area contributed by atoms with Crippen LogP contribution in [0, 0.1) is 20.2 Å². The fourth-order valence-electron chi connectivity index (χ4n) is 1.68. The van der Waals surface area contributed by atoms with Crippen molar-refractivity contribution >= 4 is 29.9 Å². The standard InChI is InChI=1S/C12H10ClN2O7P/c13-23(20,21-11-7-3-1-5-9(11)14(16)17)22-12-8-4-2-6-10(12)15(18)19/h1-8,20,23H. The molecule has 0 saturated carbocycles. The van der Waals surface area contributed by atoms with Gasteiger partial charge in [0, 0.05) is 0 Å². The van der Waals surface area contributed by atoms with Crippen LogP contribution in [0.15, 0.2) is 48.5 Å². The summed E-state index contributed by atoms with van der Waals surface area (Å²) in [4.78, 5) is 30.4. The summed E-state index contributed by atoms with van der Waals surface area (Å²) in [6, 6.07) is 10.4. The predicted octanol–water partition coefficient (Wildman–Crippen LogP) is 3.60. The number of nitrogens with zero attached hydrogens (tertiary/aromatic N) is 2. The van der Waals surface area contributed by atoms with Gasteiger partial charge < -0.3 is 0 Å². The van der Waals surface area contributed by atoms with Crippen molar-refractivity contribution in [2.45, 2.75) is 0 Å². The molecule has 0 spiro atoms. The van der Waals surface area contributed by atoms with E-state index >= 15 is 0 Å². The second-order valence-corrected chi connectivity index (χ2v) is 7.01. The van der Waals surface area contributed by atoms with Crippen LogP contribution in [0.25, 0.3) is 0 Å². The normalized spacial score (nSPS) is 11.6. The van der Waals surface area contributed by atoms with Crippen molar-refractivity contribution in [1.29, 1.82) is 0 Å². The van der Waals surface area contributed by atoms with Gasteiger partial charge in [-0.25, -0.2) is 0 Å². The fraction of sp³-hybridized carbons (Fsp3) is 0. The van der Waals surface area contributed by atoms with E-state index in [1.165, 1.54) is 36.4 Å². The minimum atomic E-state index is -4.48. The van der Waals surface area contributed by atoms with Gasteiger partial charge in [0.05, 0.1) is 0 Å². The third-order valence-corrected chi connectivity index (χ3v) is 4.00. The molecule has 0 radical (unpaired) electrons. The van der Waals surface area contributed by atoms with Gasteiger partial charge in [-0.2, -0.15) is 0 Å². The van der Waals surface area contributed by atoms with Crippen LogP contribution in [-0.2, 0) is 0 Å². The molecule has 0 amide bonds. The Bertz CT molecular complexity index is 694. The molecular formula is C12H10ClN2O7P. The van der Waals surface area contributed by atoms with Crippen molar-refractivity contribution in [2.75, 3.05) is 0 Å². The first-order chi connectivity index (χ1) is 10.8. The summed E-state index contributed by atoms with van der Waals surface area (Å²) < 4.78 is 10.0. The van der Waals surface area contributed by atoms with Crippen molar-refractivity contribution in [2.24, 2.45) is 0 Å². The first-order valence-electron chi connectivity index (χ1n) is 6.06. The van der Waals surface area contributed by atoms with Crippen LogP contribution in [0.3, 0.4) is 0 Å². The van der Waals surface area contributed by atoms with Crippen LogP contribution >= 0.6 is 18.5 Å². The molecule has 0 aliphatic rings. The van der Waals surface area contributed by atoms with Gasteiger partial charge in [-0.1, -0.05) is 0 Å². The van der Waals surface area contributed by atoms with Crippen LogP contribution in [-0.4, -0.2) is 14.7 Å². The summed E-state index contributed by atoms with van der Waals surface area (Å²) in [5, 5.41) is 21.8.